The lowest BCUT2D eigenvalue weighted by atomic mass is 9.64. The van der Waals surface area contributed by atoms with E-state index in [0.29, 0.717) is 23.7 Å². The van der Waals surface area contributed by atoms with E-state index in [4.69, 9.17) is 14.2 Å². The Labute approximate surface area is 156 Å². The van der Waals surface area contributed by atoms with Crippen LogP contribution in [0.3, 0.4) is 0 Å². The molecule has 1 fully saturated rings. The molecule has 4 rings (SSSR count). The van der Waals surface area contributed by atoms with Crippen LogP contribution in [-0.2, 0) is 22.4 Å². The molecule has 1 N–H and O–H groups in total. The van der Waals surface area contributed by atoms with Gasteiger partial charge in [0.25, 0.3) is 0 Å². The number of hydrogen-bond donors (Lipinski definition) is 1. The van der Waals surface area contributed by atoms with Crippen LogP contribution in [0.5, 0.6) is 17.2 Å². The Balaban J connectivity index is 1.94. The lowest BCUT2D eigenvalue weighted by molar-refractivity contribution is -0.157. The number of amides is 4. The molecule has 144 valence electrons. The Bertz CT molecular complexity index is 869. The van der Waals surface area contributed by atoms with E-state index in [0.717, 1.165) is 16.0 Å². The van der Waals surface area contributed by atoms with Crippen LogP contribution in [0.25, 0.3) is 0 Å². The highest BCUT2D eigenvalue weighted by Gasteiger charge is 2.62. The van der Waals surface area contributed by atoms with Crippen molar-refractivity contribution in [3.05, 3.63) is 17.2 Å². The predicted octanol–water partition coefficient (Wildman–Crippen LogP) is 0.147. The summed E-state index contributed by atoms with van der Waals surface area (Å²) in [6.07, 6.45) is 0.435. The fraction of sp³-hybridized carbons (Fsp3) is 0.500. The molecule has 1 aromatic rings. The highest BCUT2D eigenvalue weighted by molar-refractivity contribution is 6.13. The van der Waals surface area contributed by atoms with Crippen molar-refractivity contribution in [3.63, 3.8) is 0 Å². The Hall–Kier alpha value is -2.97. The molecule has 0 bridgehead atoms. The molecule has 3 aliphatic rings. The normalized spacial score (nSPS) is 25.9. The Morgan fingerprint density at radius 1 is 1.33 bits per heavy atom. The van der Waals surface area contributed by atoms with E-state index in [-0.39, 0.29) is 13.2 Å². The zero-order valence-corrected chi connectivity index (χ0v) is 15.6. The largest absolute Gasteiger partial charge is 0.492 e. The number of nitrogens with one attached hydrogen (secondary N) is 1. The van der Waals surface area contributed by atoms with Crippen molar-refractivity contribution < 1.29 is 28.6 Å². The molecule has 9 nitrogen and oxygen atoms in total. The van der Waals surface area contributed by atoms with Gasteiger partial charge in [-0.15, -0.1) is 0 Å². The number of urea groups is 1. The van der Waals surface area contributed by atoms with Gasteiger partial charge in [0.15, 0.2) is 16.9 Å². The van der Waals surface area contributed by atoms with Crippen LogP contribution in [0.4, 0.5) is 4.79 Å². The standard InChI is InChI=1S/C18H21N3O6/c1-19-15(22)18-7-10-9(5-11-14(13(10)25-4)27-8-26-11)6-12(18)20(2)17(24)21(3)16(18)23/h5,12H,6-8H2,1-4H3,(H,19,22). The average molecular weight is 375 g/mol. The summed E-state index contributed by atoms with van der Waals surface area (Å²) in [5, 5.41) is 2.61. The van der Waals surface area contributed by atoms with Gasteiger partial charge in [-0.25, -0.2) is 4.79 Å². The smallest absolute Gasteiger partial charge is 0.326 e. The fourth-order valence-corrected chi connectivity index (χ4v) is 4.47. The number of methoxy groups -OCH3 is 1. The first-order chi connectivity index (χ1) is 12.9. The quantitative estimate of drug-likeness (QED) is 0.739. The van der Waals surface area contributed by atoms with Crippen LogP contribution in [0, 0.1) is 5.41 Å². The molecular weight excluding hydrogens is 354 g/mol. The molecule has 2 aliphatic heterocycles. The summed E-state index contributed by atoms with van der Waals surface area (Å²) in [6, 6.07) is 0.807. The first kappa shape index (κ1) is 17.4. The number of nitrogens with zero attached hydrogens (tertiary/aromatic N) is 2. The molecule has 1 saturated heterocycles. The summed E-state index contributed by atoms with van der Waals surface area (Å²) >= 11 is 0. The van der Waals surface area contributed by atoms with E-state index in [1.165, 1.54) is 26.1 Å². The van der Waals surface area contributed by atoms with Crippen molar-refractivity contribution in [2.45, 2.75) is 18.9 Å². The molecule has 0 aromatic heterocycles. The van der Waals surface area contributed by atoms with Gasteiger partial charge in [0, 0.05) is 33.1 Å². The molecule has 1 aromatic carbocycles. The lowest BCUT2D eigenvalue weighted by Crippen LogP contribution is -2.71. The zero-order valence-electron chi connectivity index (χ0n) is 15.6. The van der Waals surface area contributed by atoms with E-state index in [1.807, 2.05) is 6.07 Å². The summed E-state index contributed by atoms with van der Waals surface area (Å²) in [7, 11) is 6.02. The molecule has 1 aliphatic carbocycles. The van der Waals surface area contributed by atoms with Crippen molar-refractivity contribution in [1.82, 2.24) is 15.1 Å². The maximum Gasteiger partial charge on any atom is 0.326 e. The third kappa shape index (κ3) is 2.08. The summed E-state index contributed by atoms with van der Waals surface area (Å²) in [5.74, 6) is 0.570. The fourth-order valence-electron chi connectivity index (χ4n) is 4.47. The van der Waals surface area contributed by atoms with Gasteiger partial charge in [0.2, 0.25) is 24.4 Å². The van der Waals surface area contributed by atoms with Gasteiger partial charge in [-0.2, -0.15) is 0 Å². The van der Waals surface area contributed by atoms with Crippen LogP contribution in [0.15, 0.2) is 6.07 Å². The van der Waals surface area contributed by atoms with E-state index in [1.54, 1.807) is 7.05 Å². The molecule has 0 spiro atoms. The second-order valence-electron chi connectivity index (χ2n) is 6.99. The highest BCUT2D eigenvalue weighted by Crippen LogP contribution is 2.51. The highest BCUT2D eigenvalue weighted by atomic mass is 16.7. The number of benzene rings is 1. The van der Waals surface area contributed by atoms with Gasteiger partial charge in [-0.1, -0.05) is 0 Å². The molecule has 2 unspecified atom stereocenters. The minimum absolute atomic E-state index is 0.0820. The van der Waals surface area contributed by atoms with Crippen LogP contribution in [0.1, 0.15) is 11.1 Å². The Morgan fingerprint density at radius 2 is 2.07 bits per heavy atom. The number of hydrogen-bond acceptors (Lipinski definition) is 6. The van der Waals surface area contributed by atoms with Crippen LogP contribution >= 0.6 is 0 Å². The summed E-state index contributed by atoms with van der Waals surface area (Å²) in [6.45, 7) is 0.0820. The lowest BCUT2D eigenvalue weighted by Gasteiger charge is -2.51. The topological polar surface area (TPSA) is 97.4 Å². The SMILES string of the molecule is CNC(=O)C12Cc3c(cc4c(c3OC)OCO4)CC1N(C)C(=O)N(C)C2=O. The second-order valence-corrected chi connectivity index (χ2v) is 6.99. The zero-order chi connectivity index (χ0) is 19.5. The van der Waals surface area contributed by atoms with Gasteiger partial charge in [0.1, 0.15) is 0 Å². The number of rotatable bonds is 2. The monoisotopic (exact) mass is 375 g/mol. The van der Waals surface area contributed by atoms with E-state index in [9.17, 15) is 14.4 Å². The Morgan fingerprint density at radius 3 is 2.74 bits per heavy atom. The molecule has 0 saturated carbocycles. The van der Waals surface area contributed by atoms with Gasteiger partial charge in [-0.05, 0) is 18.1 Å². The molecule has 2 atom stereocenters. The summed E-state index contributed by atoms with van der Waals surface area (Å²) < 4.78 is 16.6. The van der Waals surface area contributed by atoms with Crippen molar-refractivity contribution in [3.8, 4) is 17.2 Å². The number of imide groups is 1. The third-order valence-electron chi connectivity index (χ3n) is 5.83. The predicted molar refractivity (Wildman–Crippen MR) is 92.7 cm³/mol. The average Bonchev–Trinajstić information content (AvgIpc) is 3.15. The van der Waals surface area contributed by atoms with Gasteiger partial charge in [0.05, 0.1) is 13.2 Å². The van der Waals surface area contributed by atoms with Crippen molar-refractivity contribution >= 4 is 17.8 Å². The van der Waals surface area contributed by atoms with Crippen LogP contribution in [0.2, 0.25) is 0 Å². The molecule has 9 heteroatoms. The number of fused-ring (bicyclic) bond motifs is 3. The summed E-state index contributed by atoms with van der Waals surface area (Å²) in [4.78, 5) is 41.2. The summed E-state index contributed by atoms with van der Waals surface area (Å²) in [5.41, 5.74) is 0.170. The number of carbonyl (C=O) groups is 3. The van der Waals surface area contributed by atoms with Crippen LogP contribution in [-0.4, -0.2) is 68.7 Å². The minimum Gasteiger partial charge on any atom is -0.492 e. The van der Waals surface area contributed by atoms with Gasteiger partial charge in [-0.3, -0.25) is 14.5 Å². The molecule has 27 heavy (non-hydrogen) atoms. The maximum absolute atomic E-state index is 13.2. The molecule has 4 amide bonds. The van der Waals surface area contributed by atoms with Crippen molar-refractivity contribution in [1.29, 1.82) is 0 Å². The van der Waals surface area contributed by atoms with Crippen molar-refractivity contribution in [2.24, 2.45) is 5.41 Å². The number of carbonyl (C=O) groups excluding carboxylic acids is 3. The van der Waals surface area contributed by atoms with E-state index < -0.39 is 29.3 Å². The number of likely N-dealkylation sites (N-methyl/N-ethyl adjacent to an activating group) is 1. The minimum atomic E-state index is -1.43. The van der Waals surface area contributed by atoms with Gasteiger partial charge < -0.3 is 24.4 Å². The molecule has 0 radical (unpaired) electrons. The molecule has 2 heterocycles. The third-order valence-corrected chi connectivity index (χ3v) is 5.83. The molecular formula is C18H21N3O6. The first-order valence-electron chi connectivity index (χ1n) is 8.62. The van der Waals surface area contributed by atoms with Crippen LogP contribution < -0.4 is 19.5 Å². The van der Waals surface area contributed by atoms with E-state index >= 15 is 0 Å². The Kier molecular flexibility index (Phi) is 3.72. The van der Waals surface area contributed by atoms with E-state index in [2.05, 4.69) is 5.32 Å². The number of ether oxygens (including phenoxy) is 3. The second kappa shape index (κ2) is 5.77. The van der Waals surface area contributed by atoms with Gasteiger partial charge >= 0.3 is 6.03 Å². The van der Waals surface area contributed by atoms with Crippen molar-refractivity contribution in [2.75, 3.05) is 35.0 Å². The first-order valence-corrected chi connectivity index (χ1v) is 8.62. The maximum atomic E-state index is 13.2.